The number of hydrogen-bond donors (Lipinski definition) is 2. The fourth-order valence-electron chi connectivity index (χ4n) is 1.16. The van der Waals surface area contributed by atoms with Gasteiger partial charge in [0.2, 0.25) is 0 Å². The molecule has 0 radical (unpaired) electrons. The van der Waals surface area contributed by atoms with Gasteiger partial charge in [0.15, 0.2) is 0 Å². The quantitative estimate of drug-likeness (QED) is 0.526. The molecule has 0 bridgehead atoms. The summed E-state index contributed by atoms with van der Waals surface area (Å²) < 4.78 is 0. The molecule has 0 aromatic carbocycles. The molecule has 1 rings (SSSR count). The van der Waals surface area contributed by atoms with Crippen LogP contribution in [-0.2, 0) is 4.79 Å². The third-order valence-corrected chi connectivity index (χ3v) is 2.15. The van der Waals surface area contributed by atoms with Crippen LogP contribution in [-0.4, -0.2) is 13.0 Å². The van der Waals surface area contributed by atoms with Gasteiger partial charge in [0.1, 0.15) is 0 Å². The van der Waals surface area contributed by atoms with Gasteiger partial charge in [-0.05, 0) is 17.4 Å². The van der Waals surface area contributed by atoms with Crippen LogP contribution in [0.15, 0.2) is 46.9 Å². The highest BCUT2D eigenvalue weighted by Gasteiger charge is 2.09. The smallest absolute Gasteiger partial charge is 0.252 e. The summed E-state index contributed by atoms with van der Waals surface area (Å²) in [6.07, 6.45) is 10.7. The van der Waals surface area contributed by atoms with E-state index in [-0.39, 0.29) is 5.91 Å². The summed E-state index contributed by atoms with van der Waals surface area (Å²) in [5, 5.41) is 4.10. The van der Waals surface area contributed by atoms with E-state index in [4.69, 9.17) is 0 Å². The van der Waals surface area contributed by atoms with Crippen molar-refractivity contribution in [1.82, 2.24) is 5.32 Å². The zero-order valence-electron chi connectivity index (χ0n) is 8.03. The predicted molar refractivity (Wildman–Crippen MR) is 62.1 cm³/mol. The van der Waals surface area contributed by atoms with Gasteiger partial charge in [-0.25, -0.2) is 0 Å². The zero-order chi connectivity index (χ0) is 10.4. The topological polar surface area (TPSA) is 29.1 Å². The van der Waals surface area contributed by atoms with Gasteiger partial charge in [-0.2, -0.15) is 12.6 Å². The van der Waals surface area contributed by atoms with Crippen molar-refractivity contribution in [3.63, 3.8) is 0 Å². The minimum absolute atomic E-state index is 0.119. The SMILES string of the molecule is CNC(=O)/C(=C/S)C1=CC=CCC=C1. The monoisotopic (exact) mass is 207 g/mol. The van der Waals surface area contributed by atoms with Crippen LogP contribution in [0.3, 0.4) is 0 Å². The summed E-state index contributed by atoms with van der Waals surface area (Å²) in [5.41, 5.74) is 1.46. The lowest BCUT2D eigenvalue weighted by molar-refractivity contribution is -0.116. The first-order valence-electron chi connectivity index (χ1n) is 4.39. The summed E-state index contributed by atoms with van der Waals surface area (Å²) in [5.74, 6) is -0.119. The molecular weight excluding hydrogens is 194 g/mol. The van der Waals surface area contributed by atoms with E-state index in [2.05, 4.69) is 17.9 Å². The Morgan fingerprint density at radius 3 is 3.00 bits per heavy atom. The second-order valence-corrected chi connectivity index (χ2v) is 3.07. The lowest BCUT2D eigenvalue weighted by Crippen LogP contribution is -2.20. The number of thiol groups is 1. The van der Waals surface area contributed by atoms with Gasteiger partial charge in [0.05, 0.1) is 5.57 Å². The van der Waals surface area contributed by atoms with Crippen LogP contribution in [0.2, 0.25) is 0 Å². The first-order chi connectivity index (χ1) is 6.79. The molecule has 0 saturated carbocycles. The molecular formula is C11H13NOS. The number of nitrogens with one attached hydrogen (secondary N) is 1. The van der Waals surface area contributed by atoms with Crippen molar-refractivity contribution in [3.8, 4) is 0 Å². The van der Waals surface area contributed by atoms with Crippen molar-refractivity contribution in [2.45, 2.75) is 6.42 Å². The molecule has 1 aliphatic rings. The number of carbonyl (C=O) groups is 1. The second kappa shape index (κ2) is 5.50. The molecule has 1 aliphatic carbocycles. The molecule has 1 N–H and O–H groups in total. The fraction of sp³-hybridized carbons (Fsp3) is 0.182. The number of carbonyl (C=O) groups excluding carboxylic acids is 1. The second-order valence-electron chi connectivity index (χ2n) is 2.81. The number of likely N-dealkylation sites (N-methyl/N-ethyl adjacent to an activating group) is 1. The maximum Gasteiger partial charge on any atom is 0.252 e. The maximum atomic E-state index is 11.4. The summed E-state index contributed by atoms with van der Waals surface area (Å²) in [6, 6.07) is 0. The molecule has 1 amide bonds. The average Bonchev–Trinajstić information content (AvgIpc) is 2.47. The van der Waals surface area contributed by atoms with Gasteiger partial charge in [-0.3, -0.25) is 4.79 Å². The molecule has 0 aromatic rings. The van der Waals surface area contributed by atoms with E-state index in [1.54, 1.807) is 7.05 Å². The van der Waals surface area contributed by atoms with E-state index in [0.717, 1.165) is 12.0 Å². The van der Waals surface area contributed by atoms with Gasteiger partial charge in [-0.15, -0.1) is 0 Å². The minimum Gasteiger partial charge on any atom is -0.355 e. The van der Waals surface area contributed by atoms with E-state index >= 15 is 0 Å². The highest BCUT2D eigenvalue weighted by molar-refractivity contribution is 7.83. The van der Waals surface area contributed by atoms with E-state index in [9.17, 15) is 4.79 Å². The molecule has 0 aliphatic heterocycles. The number of amides is 1. The van der Waals surface area contributed by atoms with Gasteiger partial charge in [0.25, 0.3) is 5.91 Å². The number of rotatable bonds is 2. The molecule has 74 valence electrons. The molecule has 0 spiro atoms. The van der Waals surface area contributed by atoms with Crippen molar-refractivity contribution in [1.29, 1.82) is 0 Å². The van der Waals surface area contributed by atoms with Crippen LogP contribution in [0.1, 0.15) is 6.42 Å². The molecule has 0 aromatic heterocycles. The Hall–Kier alpha value is -1.22. The zero-order valence-corrected chi connectivity index (χ0v) is 8.92. The molecule has 2 nitrogen and oxygen atoms in total. The summed E-state index contributed by atoms with van der Waals surface area (Å²) in [6.45, 7) is 0. The first kappa shape index (κ1) is 10.9. The van der Waals surface area contributed by atoms with Gasteiger partial charge in [-0.1, -0.05) is 30.4 Å². The molecule has 0 atom stereocenters. The lowest BCUT2D eigenvalue weighted by Gasteiger charge is -2.04. The maximum absolute atomic E-state index is 11.4. The van der Waals surface area contributed by atoms with Crippen molar-refractivity contribution >= 4 is 18.5 Å². The summed E-state index contributed by atoms with van der Waals surface area (Å²) in [7, 11) is 1.61. The minimum atomic E-state index is -0.119. The molecule has 0 heterocycles. The van der Waals surface area contributed by atoms with Crippen molar-refractivity contribution in [2.75, 3.05) is 7.05 Å². The summed E-state index contributed by atoms with van der Waals surface area (Å²) in [4.78, 5) is 11.4. The van der Waals surface area contributed by atoms with Gasteiger partial charge in [0, 0.05) is 7.05 Å². The highest BCUT2D eigenvalue weighted by Crippen LogP contribution is 2.15. The number of allylic oxidation sites excluding steroid dienone is 5. The van der Waals surface area contributed by atoms with Crippen molar-refractivity contribution in [2.24, 2.45) is 0 Å². The Labute approximate surface area is 89.5 Å². The van der Waals surface area contributed by atoms with Gasteiger partial charge < -0.3 is 5.32 Å². The van der Waals surface area contributed by atoms with E-state index in [0.29, 0.717) is 5.57 Å². The van der Waals surface area contributed by atoms with Crippen molar-refractivity contribution < 1.29 is 4.79 Å². The van der Waals surface area contributed by atoms with Crippen LogP contribution >= 0.6 is 12.6 Å². The number of hydrogen-bond acceptors (Lipinski definition) is 2. The summed E-state index contributed by atoms with van der Waals surface area (Å²) >= 11 is 4.03. The van der Waals surface area contributed by atoms with E-state index in [1.807, 2.05) is 30.4 Å². The molecule has 3 heteroatoms. The lowest BCUT2D eigenvalue weighted by atomic mass is 10.1. The van der Waals surface area contributed by atoms with Crippen LogP contribution in [0, 0.1) is 0 Å². The Kier molecular flexibility index (Phi) is 4.26. The Balaban J connectivity index is 2.95. The predicted octanol–water partition coefficient (Wildman–Crippen LogP) is 1.99. The van der Waals surface area contributed by atoms with E-state index < -0.39 is 0 Å². The fourth-order valence-corrected chi connectivity index (χ4v) is 1.42. The molecule has 14 heavy (non-hydrogen) atoms. The van der Waals surface area contributed by atoms with Crippen LogP contribution in [0.5, 0.6) is 0 Å². The standard InChI is InChI=1S/C11H13NOS/c1-12-11(13)10(8-14)9-6-4-2-3-5-7-9/h2,4-8,14H,3H2,1H3,(H,12,13)/b10-8+. The molecule has 0 fully saturated rings. The van der Waals surface area contributed by atoms with Crippen LogP contribution in [0.25, 0.3) is 0 Å². The third kappa shape index (κ3) is 2.64. The third-order valence-electron chi connectivity index (χ3n) is 1.89. The molecule has 0 unspecified atom stereocenters. The Morgan fingerprint density at radius 2 is 2.36 bits per heavy atom. The van der Waals surface area contributed by atoms with Crippen LogP contribution in [0.4, 0.5) is 0 Å². The Bertz CT molecular complexity index is 337. The largest absolute Gasteiger partial charge is 0.355 e. The van der Waals surface area contributed by atoms with Crippen molar-refractivity contribution in [3.05, 3.63) is 46.9 Å². The first-order valence-corrected chi connectivity index (χ1v) is 4.91. The Morgan fingerprint density at radius 1 is 1.57 bits per heavy atom. The van der Waals surface area contributed by atoms with Crippen LogP contribution < -0.4 is 5.32 Å². The highest BCUT2D eigenvalue weighted by atomic mass is 32.1. The average molecular weight is 207 g/mol. The molecule has 0 saturated heterocycles. The van der Waals surface area contributed by atoms with Gasteiger partial charge >= 0.3 is 0 Å². The normalized spacial score (nSPS) is 16.1. The van der Waals surface area contributed by atoms with E-state index in [1.165, 1.54) is 5.41 Å².